The molecule has 7 heteroatoms. The fourth-order valence-corrected chi connectivity index (χ4v) is 4.40. The maximum Gasteiger partial charge on any atom is 0.263 e. The van der Waals surface area contributed by atoms with Gasteiger partial charge in [0.25, 0.3) is 5.56 Å². The van der Waals surface area contributed by atoms with Gasteiger partial charge in [-0.15, -0.1) is 11.3 Å². The van der Waals surface area contributed by atoms with Gasteiger partial charge in [-0.25, -0.2) is 4.98 Å². The van der Waals surface area contributed by atoms with Crippen LogP contribution in [-0.2, 0) is 16.1 Å². The minimum absolute atomic E-state index is 0.00327. The molecule has 6 nitrogen and oxygen atoms in total. The van der Waals surface area contributed by atoms with E-state index >= 15 is 0 Å². The zero-order valence-corrected chi connectivity index (χ0v) is 17.1. The molecule has 1 amide bonds. The van der Waals surface area contributed by atoms with Crippen molar-refractivity contribution in [3.63, 3.8) is 0 Å². The van der Waals surface area contributed by atoms with Gasteiger partial charge in [-0.1, -0.05) is 18.2 Å². The molecule has 1 aliphatic heterocycles. The summed E-state index contributed by atoms with van der Waals surface area (Å²) in [6, 6.07) is 6.18. The lowest BCUT2D eigenvalue weighted by molar-refractivity contribution is -0.138. The standard InChI is InChI=1S/C21H23N3O3S/c1-13-4-5-16(8-14(13)2)17-11-28-20-19(17)21(26)24(12-22-20)10-18(25)23-6-7-27-15(3)9-23/h4-5,8,11-12,15H,6-7,9-10H2,1-3H3/t15-/m0/s1. The Labute approximate surface area is 167 Å². The van der Waals surface area contributed by atoms with Crippen LogP contribution in [0.4, 0.5) is 0 Å². The maximum absolute atomic E-state index is 13.2. The molecule has 0 aliphatic carbocycles. The number of aromatic nitrogens is 2. The number of ether oxygens (including phenoxy) is 1. The summed E-state index contributed by atoms with van der Waals surface area (Å²) in [5, 5.41) is 2.55. The number of fused-ring (bicyclic) bond motifs is 1. The molecule has 3 aromatic rings. The van der Waals surface area contributed by atoms with Crippen LogP contribution >= 0.6 is 11.3 Å². The van der Waals surface area contributed by atoms with E-state index in [4.69, 9.17) is 4.74 Å². The van der Waals surface area contributed by atoms with Crippen molar-refractivity contribution >= 4 is 27.5 Å². The van der Waals surface area contributed by atoms with Crippen LogP contribution < -0.4 is 5.56 Å². The van der Waals surface area contributed by atoms with E-state index in [9.17, 15) is 9.59 Å². The highest BCUT2D eigenvalue weighted by Crippen LogP contribution is 2.31. The number of nitrogens with zero attached hydrogens (tertiary/aromatic N) is 3. The van der Waals surface area contributed by atoms with Crippen LogP contribution in [0.25, 0.3) is 21.3 Å². The summed E-state index contributed by atoms with van der Waals surface area (Å²) in [6.07, 6.45) is 1.50. The van der Waals surface area contributed by atoms with Crippen molar-refractivity contribution in [3.05, 3.63) is 51.4 Å². The topological polar surface area (TPSA) is 64.4 Å². The minimum atomic E-state index is -0.172. The highest BCUT2D eigenvalue weighted by Gasteiger charge is 2.22. The van der Waals surface area contributed by atoms with Gasteiger partial charge >= 0.3 is 0 Å². The maximum atomic E-state index is 13.2. The normalized spacial score (nSPS) is 17.2. The van der Waals surface area contributed by atoms with Crippen LogP contribution in [-0.4, -0.2) is 46.2 Å². The molecule has 1 saturated heterocycles. The third-order valence-corrected chi connectivity index (χ3v) is 6.16. The Kier molecular flexibility index (Phi) is 5.03. The first kappa shape index (κ1) is 18.8. The number of amides is 1. The van der Waals surface area contributed by atoms with E-state index in [1.807, 2.05) is 18.4 Å². The van der Waals surface area contributed by atoms with Gasteiger partial charge in [-0.05, 0) is 37.5 Å². The van der Waals surface area contributed by atoms with Gasteiger partial charge < -0.3 is 9.64 Å². The number of morpholine rings is 1. The molecular weight excluding hydrogens is 374 g/mol. The van der Waals surface area contributed by atoms with E-state index in [1.165, 1.54) is 33.4 Å². The smallest absolute Gasteiger partial charge is 0.263 e. The quantitative estimate of drug-likeness (QED) is 0.682. The van der Waals surface area contributed by atoms with Crippen molar-refractivity contribution in [1.82, 2.24) is 14.5 Å². The second-order valence-electron chi connectivity index (χ2n) is 7.33. The fourth-order valence-electron chi connectivity index (χ4n) is 3.49. The summed E-state index contributed by atoms with van der Waals surface area (Å²) in [5.74, 6) is -0.0821. The van der Waals surface area contributed by atoms with Crippen LogP contribution in [0.2, 0.25) is 0 Å². The molecule has 1 aromatic carbocycles. The summed E-state index contributed by atoms with van der Waals surface area (Å²) in [7, 11) is 0. The van der Waals surface area contributed by atoms with Crippen LogP contribution in [0.3, 0.4) is 0 Å². The molecule has 1 fully saturated rings. The number of rotatable bonds is 3. The molecule has 28 heavy (non-hydrogen) atoms. The van der Waals surface area contributed by atoms with E-state index in [-0.39, 0.29) is 24.1 Å². The molecule has 0 unspecified atom stereocenters. The van der Waals surface area contributed by atoms with Crippen molar-refractivity contribution in [2.24, 2.45) is 0 Å². The van der Waals surface area contributed by atoms with Crippen molar-refractivity contribution in [3.8, 4) is 11.1 Å². The monoisotopic (exact) mass is 397 g/mol. The van der Waals surface area contributed by atoms with Gasteiger partial charge in [-0.2, -0.15) is 0 Å². The molecule has 4 rings (SSSR count). The highest BCUT2D eigenvalue weighted by molar-refractivity contribution is 7.17. The molecule has 146 valence electrons. The average Bonchev–Trinajstić information content (AvgIpc) is 3.11. The first-order valence-corrected chi connectivity index (χ1v) is 10.3. The molecule has 1 atom stereocenters. The zero-order chi connectivity index (χ0) is 19.8. The number of carbonyl (C=O) groups is 1. The predicted octanol–water partition coefficient (Wildman–Crippen LogP) is 2.99. The van der Waals surface area contributed by atoms with Crippen LogP contribution in [0.15, 0.2) is 34.7 Å². The molecule has 0 radical (unpaired) electrons. The van der Waals surface area contributed by atoms with E-state index in [0.29, 0.717) is 29.9 Å². The molecule has 0 bridgehead atoms. The molecule has 0 N–H and O–H groups in total. The number of carbonyl (C=O) groups excluding carboxylic acids is 1. The number of hydrogen-bond acceptors (Lipinski definition) is 5. The van der Waals surface area contributed by atoms with Crippen LogP contribution in [0.5, 0.6) is 0 Å². The van der Waals surface area contributed by atoms with E-state index < -0.39 is 0 Å². The second-order valence-corrected chi connectivity index (χ2v) is 8.19. The lowest BCUT2D eigenvalue weighted by Crippen LogP contribution is -2.46. The van der Waals surface area contributed by atoms with Crippen LogP contribution in [0.1, 0.15) is 18.1 Å². The molecule has 0 spiro atoms. The van der Waals surface area contributed by atoms with Gasteiger partial charge in [0.15, 0.2) is 0 Å². The van der Waals surface area contributed by atoms with Gasteiger partial charge in [-0.3, -0.25) is 14.2 Å². The third-order valence-electron chi connectivity index (χ3n) is 5.28. The van der Waals surface area contributed by atoms with E-state index in [1.54, 1.807) is 4.90 Å². The number of benzene rings is 1. The van der Waals surface area contributed by atoms with Crippen molar-refractivity contribution in [2.45, 2.75) is 33.4 Å². The Morgan fingerprint density at radius 3 is 2.89 bits per heavy atom. The summed E-state index contributed by atoms with van der Waals surface area (Å²) in [4.78, 5) is 32.7. The van der Waals surface area contributed by atoms with E-state index in [0.717, 1.165) is 11.1 Å². The number of hydrogen-bond donors (Lipinski definition) is 0. The lowest BCUT2D eigenvalue weighted by atomic mass is 10.0. The SMILES string of the molecule is Cc1ccc(-c2csc3ncn(CC(=O)N4CCO[C@@H](C)C4)c(=O)c23)cc1C. The van der Waals surface area contributed by atoms with Crippen molar-refractivity contribution < 1.29 is 9.53 Å². The highest BCUT2D eigenvalue weighted by atomic mass is 32.1. The Bertz CT molecular complexity index is 1100. The van der Waals surface area contributed by atoms with Gasteiger partial charge in [0, 0.05) is 24.0 Å². The first-order chi connectivity index (χ1) is 13.4. The Balaban J connectivity index is 1.69. The predicted molar refractivity (Wildman–Crippen MR) is 111 cm³/mol. The van der Waals surface area contributed by atoms with Gasteiger partial charge in [0.2, 0.25) is 5.91 Å². The molecule has 1 aliphatic rings. The van der Waals surface area contributed by atoms with Crippen molar-refractivity contribution in [1.29, 1.82) is 0 Å². The third kappa shape index (κ3) is 3.47. The molecule has 2 aromatic heterocycles. The zero-order valence-electron chi connectivity index (χ0n) is 16.3. The largest absolute Gasteiger partial charge is 0.375 e. The lowest BCUT2D eigenvalue weighted by Gasteiger charge is -2.31. The average molecular weight is 398 g/mol. The van der Waals surface area contributed by atoms with E-state index in [2.05, 4.69) is 31.0 Å². The second kappa shape index (κ2) is 7.48. The Morgan fingerprint density at radius 1 is 1.32 bits per heavy atom. The van der Waals surface area contributed by atoms with Crippen LogP contribution in [0, 0.1) is 13.8 Å². The summed E-state index contributed by atoms with van der Waals surface area (Å²) >= 11 is 1.45. The molecule has 3 heterocycles. The summed E-state index contributed by atoms with van der Waals surface area (Å²) < 4.78 is 6.91. The summed E-state index contributed by atoms with van der Waals surface area (Å²) in [6.45, 7) is 7.70. The Hall–Kier alpha value is -2.51. The summed E-state index contributed by atoms with van der Waals surface area (Å²) in [5.41, 5.74) is 4.10. The molecular formula is C21H23N3O3S. The minimum Gasteiger partial charge on any atom is -0.375 e. The molecule has 0 saturated carbocycles. The van der Waals surface area contributed by atoms with Crippen molar-refractivity contribution in [2.75, 3.05) is 19.7 Å². The Morgan fingerprint density at radius 2 is 2.14 bits per heavy atom. The number of aryl methyl sites for hydroxylation is 2. The van der Waals surface area contributed by atoms with Gasteiger partial charge in [0.05, 0.1) is 24.4 Å². The number of thiophene rings is 1. The first-order valence-electron chi connectivity index (χ1n) is 9.37. The van der Waals surface area contributed by atoms with Gasteiger partial charge in [0.1, 0.15) is 11.4 Å². The fraction of sp³-hybridized carbons (Fsp3) is 0.381.